The van der Waals surface area contributed by atoms with Crippen LogP contribution in [0.2, 0.25) is 0 Å². The highest BCUT2D eigenvalue weighted by atomic mass is 32.2. The third kappa shape index (κ3) is 5.13. The summed E-state index contributed by atoms with van der Waals surface area (Å²) in [6.45, 7) is 5.09. The molecule has 23 heavy (non-hydrogen) atoms. The lowest BCUT2D eigenvalue weighted by atomic mass is 10.2. The lowest BCUT2D eigenvalue weighted by Crippen LogP contribution is -2.44. The van der Waals surface area contributed by atoms with Crippen LogP contribution >= 0.6 is 11.8 Å². The number of aromatic nitrogens is 2. The van der Waals surface area contributed by atoms with E-state index in [-0.39, 0.29) is 5.75 Å². The van der Waals surface area contributed by atoms with Crippen molar-refractivity contribution < 1.29 is 23.8 Å². The van der Waals surface area contributed by atoms with Crippen molar-refractivity contribution in [2.24, 2.45) is 0 Å². The van der Waals surface area contributed by atoms with Crippen LogP contribution in [0, 0.1) is 0 Å². The molecule has 1 unspecified atom stereocenters. The van der Waals surface area contributed by atoms with Crippen molar-refractivity contribution in [3.8, 4) is 0 Å². The van der Waals surface area contributed by atoms with E-state index in [1.807, 2.05) is 0 Å². The van der Waals surface area contributed by atoms with Crippen LogP contribution in [0.4, 0.5) is 4.79 Å². The van der Waals surface area contributed by atoms with E-state index >= 15 is 0 Å². The fourth-order valence-electron chi connectivity index (χ4n) is 1.60. The van der Waals surface area contributed by atoms with E-state index < -0.39 is 23.7 Å². The number of ether oxygens (including phenoxy) is 1. The molecule has 2 aromatic heterocycles. The predicted molar refractivity (Wildman–Crippen MR) is 83.3 cm³/mol. The van der Waals surface area contributed by atoms with Crippen molar-refractivity contribution in [3.05, 3.63) is 18.5 Å². The molecule has 0 radical (unpaired) electrons. The molecule has 1 atom stereocenters. The molecule has 2 N–H and O–H groups in total. The van der Waals surface area contributed by atoms with Crippen molar-refractivity contribution in [2.45, 2.75) is 37.6 Å². The SMILES string of the molecule is CC(C)(C)OC(=O)NC(CSc1nc2cnccc2o1)C(=O)O. The van der Waals surface area contributed by atoms with Gasteiger partial charge in [0, 0.05) is 18.0 Å². The smallest absolute Gasteiger partial charge is 0.408 e. The van der Waals surface area contributed by atoms with E-state index in [1.54, 1.807) is 39.2 Å². The second-order valence-corrected chi connectivity index (χ2v) is 6.64. The van der Waals surface area contributed by atoms with Crippen LogP contribution in [0.25, 0.3) is 11.1 Å². The fraction of sp³-hybridized carbons (Fsp3) is 0.429. The summed E-state index contributed by atoms with van der Waals surface area (Å²) in [5.74, 6) is -1.12. The number of carbonyl (C=O) groups is 2. The van der Waals surface area contributed by atoms with Crippen LogP contribution in [0.5, 0.6) is 0 Å². The normalized spacial score (nSPS) is 12.8. The highest BCUT2D eigenvalue weighted by molar-refractivity contribution is 7.99. The van der Waals surface area contributed by atoms with Crippen molar-refractivity contribution >= 4 is 34.9 Å². The Morgan fingerprint density at radius 3 is 2.83 bits per heavy atom. The zero-order valence-electron chi connectivity index (χ0n) is 12.9. The lowest BCUT2D eigenvalue weighted by Gasteiger charge is -2.21. The number of aliphatic carboxylic acids is 1. The van der Waals surface area contributed by atoms with E-state index in [9.17, 15) is 14.7 Å². The minimum Gasteiger partial charge on any atom is -0.480 e. The maximum atomic E-state index is 11.7. The van der Waals surface area contributed by atoms with Gasteiger partial charge in [-0.15, -0.1) is 0 Å². The first-order chi connectivity index (χ1) is 10.7. The molecule has 2 aromatic rings. The summed E-state index contributed by atoms with van der Waals surface area (Å²) < 4.78 is 10.5. The van der Waals surface area contributed by atoms with Gasteiger partial charge < -0.3 is 19.6 Å². The minimum atomic E-state index is -1.17. The minimum absolute atomic E-state index is 0.0504. The Labute approximate surface area is 136 Å². The number of thioether (sulfide) groups is 1. The van der Waals surface area contributed by atoms with Gasteiger partial charge >= 0.3 is 12.1 Å². The van der Waals surface area contributed by atoms with Gasteiger partial charge in [0.1, 0.15) is 17.2 Å². The zero-order chi connectivity index (χ0) is 17.0. The van der Waals surface area contributed by atoms with Crippen LogP contribution in [-0.2, 0) is 9.53 Å². The summed E-state index contributed by atoms with van der Waals surface area (Å²) in [7, 11) is 0. The standard InChI is InChI=1S/C14H17N3O5S/c1-14(2,3)22-12(20)16-9(11(18)19)7-23-13-17-8-6-15-5-4-10(8)21-13/h4-6,9H,7H2,1-3H3,(H,16,20)(H,18,19). The van der Waals surface area contributed by atoms with Crippen molar-refractivity contribution in [1.82, 2.24) is 15.3 Å². The van der Waals surface area contributed by atoms with Gasteiger partial charge in [-0.1, -0.05) is 11.8 Å². The maximum absolute atomic E-state index is 11.7. The molecule has 1 amide bonds. The second kappa shape index (κ2) is 6.86. The van der Waals surface area contributed by atoms with Gasteiger partial charge in [0.25, 0.3) is 5.22 Å². The number of oxazole rings is 1. The van der Waals surface area contributed by atoms with Crippen LogP contribution in [0.3, 0.4) is 0 Å². The molecule has 0 aliphatic heterocycles. The lowest BCUT2D eigenvalue weighted by molar-refractivity contribution is -0.138. The largest absolute Gasteiger partial charge is 0.480 e. The van der Waals surface area contributed by atoms with Gasteiger partial charge in [-0.2, -0.15) is 0 Å². The Bertz CT molecular complexity index is 677. The Balaban J connectivity index is 1.96. The average Bonchev–Trinajstić information content (AvgIpc) is 2.83. The summed E-state index contributed by atoms with van der Waals surface area (Å²) in [4.78, 5) is 31.0. The van der Waals surface area contributed by atoms with E-state index in [1.165, 1.54) is 0 Å². The molecular formula is C14H17N3O5S. The first kappa shape index (κ1) is 17.1. The molecule has 8 nitrogen and oxygen atoms in total. The zero-order valence-corrected chi connectivity index (χ0v) is 13.7. The average molecular weight is 339 g/mol. The van der Waals surface area contributed by atoms with Gasteiger partial charge in [0.2, 0.25) is 0 Å². The number of fused-ring (bicyclic) bond motifs is 1. The van der Waals surface area contributed by atoms with Gasteiger partial charge in [-0.3, -0.25) is 4.98 Å². The molecule has 0 fully saturated rings. The molecule has 0 aliphatic carbocycles. The van der Waals surface area contributed by atoms with Crippen molar-refractivity contribution in [2.75, 3.05) is 5.75 Å². The number of hydrogen-bond donors (Lipinski definition) is 2. The molecular weight excluding hydrogens is 322 g/mol. The number of nitrogens with one attached hydrogen (secondary N) is 1. The number of carboxylic acids is 1. The molecule has 0 saturated carbocycles. The van der Waals surface area contributed by atoms with Gasteiger partial charge in [-0.05, 0) is 20.8 Å². The number of amides is 1. The molecule has 2 rings (SSSR count). The number of alkyl carbamates (subject to hydrolysis) is 1. The summed E-state index contributed by atoms with van der Waals surface area (Å²) in [5.41, 5.74) is 0.449. The number of hydrogen-bond acceptors (Lipinski definition) is 7. The molecule has 124 valence electrons. The number of nitrogens with zero attached hydrogens (tertiary/aromatic N) is 2. The monoisotopic (exact) mass is 339 g/mol. The number of carboxylic acid groups (broad SMARTS) is 1. The Kier molecular flexibility index (Phi) is 5.09. The number of pyridine rings is 1. The Morgan fingerprint density at radius 1 is 1.48 bits per heavy atom. The second-order valence-electron chi connectivity index (χ2n) is 5.67. The summed E-state index contributed by atoms with van der Waals surface area (Å²) in [6, 6.07) is 0.544. The topological polar surface area (TPSA) is 115 Å². The maximum Gasteiger partial charge on any atom is 0.408 e. The summed E-state index contributed by atoms with van der Waals surface area (Å²) in [6.07, 6.45) is 2.34. The third-order valence-electron chi connectivity index (χ3n) is 2.53. The number of rotatable bonds is 5. The van der Waals surface area contributed by atoms with E-state index in [0.29, 0.717) is 16.3 Å². The van der Waals surface area contributed by atoms with Crippen LogP contribution < -0.4 is 5.32 Å². The predicted octanol–water partition coefficient (Wildman–Crippen LogP) is 2.29. The quantitative estimate of drug-likeness (QED) is 0.797. The van der Waals surface area contributed by atoms with Gasteiger partial charge in [-0.25, -0.2) is 14.6 Å². The van der Waals surface area contributed by atoms with Crippen molar-refractivity contribution in [1.29, 1.82) is 0 Å². The van der Waals surface area contributed by atoms with Crippen LogP contribution in [0.1, 0.15) is 20.8 Å². The van der Waals surface area contributed by atoms with Crippen LogP contribution in [0.15, 0.2) is 28.1 Å². The molecule has 9 heteroatoms. The highest BCUT2D eigenvalue weighted by Gasteiger charge is 2.24. The van der Waals surface area contributed by atoms with Crippen molar-refractivity contribution in [3.63, 3.8) is 0 Å². The fourth-order valence-corrected chi connectivity index (χ4v) is 2.45. The molecule has 0 spiro atoms. The summed E-state index contributed by atoms with van der Waals surface area (Å²) in [5, 5.41) is 11.8. The van der Waals surface area contributed by atoms with Gasteiger partial charge in [0.05, 0.1) is 6.20 Å². The highest BCUT2D eigenvalue weighted by Crippen LogP contribution is 2.23. The Morgan fingerprint density at radius 2 is 2.22 bits per heavy atom. The van der Waals surface area contributed by atoms with Crippen LogP contribution in [-0.4, -0.2) is 44.5 Å². The first-order valence-electron chi connectivity index (χ1n) is 6.80. The first-order valence-corrected chi connectivity index (χ1v) is 7.79. The van der Waals surface area contributed by atoms with E-state index in [0.717, 1.165) is 11.8 Å². The molecule has 0 saturated heterocycles. The molecule has 0 aliphatic rings. The Hall–Kier alpha value is -2.29. The van der Waals surface area contributed by atoms with E-state index in [2.05, 4.69) is 15.3 Å². The van der Waals surface area contributed by atoms with Gasteiger partial charge in [0.15, 0.2) is 5.58 Å². The summed E-state index contributed by atoms with van der Waals surface area (Å²) >= 11 is 1.09. The number of carbonyl (C=O) groups excluding carboxylic acids is 1. The molecule has 0 bridgehead atoms. The van der Waals surface area contributed by atoms with E-state index in [4.69, 9.17) is 9.15 Å². The molecule has 0 aromatic carbocycles. The molecule has 2 heterocycles. The third-order valence-corrected chi connectivity index (χ3v) is 3.45.